The third kappa shape index (κ3) is 3.22. The number of nitrogens with zero attached hydrogens (tertiary/aromatic N) is 4. The van der Waals surface area contributed by atoms with Crippen molar-refractivity contribution in [2.75, 3.05) is 23.7 Å². The van der Waals surface area contributed by atoms with Gasteiger partial charge in [0.2, 0.25) is 0 Å². The van der Waals surface area contributed by atoms with Crippen LogP contribution >= 0.6 is 35.0 Å². The number of pyridine rings is 1. The first kappa shape index (κ1) is 18.1. The standard InChI is InChI=1S/C17H20Cl2N6S/c18-13-10(2-6-22-14(13)19)26-16-15(21)24-12(9-23-16)25-7-4-17(5-8-25)3-1-11(17)20/h2,6,9,11H,1,3-5,7-8,20H2,(H2,21,24). The van der Waals surface area contributed by atoms with E-state index in [0.29, 0.717) is 27.3 Å². The average molecular weight is 411 g/mol. The SMILES string of the molecule is Nc1nc(N2CCC3(CCC3N)CC2)cnc1Sc1ccnc(Cl)c1Cl. The molecule has 1 unspecified atom stereocenters. The maximum Gasteiger partial charge on any atom is 0.158 e. The molecular formula is C17H20Cl2N6S. The number of hydrogen-bond acceptors (Lipinski definition) is 7. The van der Waals surface area contributed by atoms with Gasteiger partial charge in [0.05, 0.1) is 11.2 Å². The van der Waals surface area contributed by atoms with Gasteiger partial charge >= 0.3 is 0 Å². The van der Waals surface area contributed by atoms with Gasteiger partial charge in [-0.25, -0.2) is 15.0 Å². The molecule has 1 spiro atoms. The molecule has 6 nitrogen and oxygen atoms in total. The van der Waals surface area contributed by atoms with Crippen molar-refractivity contribution in [3.63, 3.8) is 0 Å². The lowest BCUT2D eigenvalue weighted by Gasteiger charge is -2.52. The van der Waals surface area contributed by atoms with Crippen LogP contribution in [0.3, 0.4) is 0 Å². The van der Waals surface area contributed by atoms with Crippen LogP contribution in [0.25, 0.3) is 0 Å². The minimum absolute atomic E-state index is 0.260. The van der Waals surface area contributed by atoms with Gasteiger partial charge in [0, 0.05) is 30.2 Å². The first-order chi connectivity index (χ1) is 12.5. The zero-order valence-corrected chi connectivity index (χ0v) is 16.5. The van der Waals surface area contributed by atoms with E-state index in [2.05, 4.69) is 19.9 Å². The van der Waals surface area contributed by atoms with Crippen LogP contribution in [0.1, 0.15) is 25.7 Å². The van der Waals surface area contributed by atoms with E-state index in [1.165, 1.54) is 18.2 Å². The summed E-state index contributed by atoms with van der Waals surface area (Å²) in [6, 6.07) is 2.14. The minimum Gasteiger partial charge on any atom is -0.381 e. The van der Waals surface area contributed by atoms with Crippen molar-refractivity contribution in [2.24, 2.45) is 11.1 Å². The fraction of sp³-hybridized carbons (Fsp3) is 0.471. The van der Waals surface area contributed by atoms with E-state index in [4.69, 9.17) is 34.7 Å². The largest absolute Gasteiger partial charge is 0.381 e. The van der Waals surface area contributed by atoms with Gasteiger partial charge in [-0.2, -0.15) is 0 Å². The Labute approximate surface area is 166 Å². The smallest absolute Gasteiger partial charge is 0.158 e. The van der Waals surface area contributed by atoms with Gasteiger partial charge in [0.1, 0.15) is 16.0 Å². The van der Waals surface area contributed by atoms with Crippen LogP contribution in [0.4, 0.5) is 11.6 Å². The third-order valence-electron chi connectivity index (χ3n) is 5.59. The van der Waals surface area contributed by atoms with E-state index in [1.54, 1.807) is 18.5 Å². The zero-order valence-electron chi connectivity index (χ0n) is 14.2. The molecule has 1 aliphatic carbocycles. The molecule has 1 saturated carbocycles. The highest BCUT2D eigenvalue weighted by molar-refractivity contribution is 7.99. The van der Waals surface area contributed by atoms with Crippen LogP contribution < -0.4 is 16.4 Å². The molecule has 1 atom stereocenters. The number of nitrogen functional groups attached to an aromatic ring is 1. The van der Waals surface area contributed by atoms with Gasteiger partial charge in [-0.3, -0.25) is 0 Å². The van der Waals surface area contributed by atoms with E-state index >= 15 is 0 Å². The van der Waals surface area contributed by atoms with Crippen LogP contribution in [0.15, 0.2) is 28.4 Å². The molecule has 138 valence electrons. The lowest BCUT2D eigenvalue weighted by atomic mass is 9.60. The van der Waals surface area contributed by atoms with E-state index in [9.17, 15) is 0 Å². The highest BCUT2D eigenvalue weighted by Gasteiger charge is 2.46. The Morgan fingerprint density at radius 1 is 1.19 bits per heavy atom. The molecule has 2 fully saturated rings. The minimum atomic E-state index is 0.260. The quantitative estimate of drug-likeness (QED) is 0.745. The number of rotatable bonds is 3. The fourth-order valence-electron chi connectivity index (χ4n) is 3.72. The molecule has 3 heterocycles. The molecule has 9 heteroatoms. The van der Waals surface area contributed by atoms with Crippen molar-refractivity contribution in [1.82, 2.24) is 15.0 Å². The van der Waals surface area contributed by atoms with Crippen molar-refractivity contribution in [3.05, 3.63) is 28.6 Å². The maximum atomic E-state index is 6.22. The predicted octanol–water partition coefficient (Wildman–Crippen LogP) is 3.62. The number of anilines is 2. The average Bonchev–Trinajstić information content (AvgIpc) is 2.66. The van der Waals surface area contributed by atoms with E-state index in [-0.39, 0.29) is 5.15 Å². The lowest BCUT2D eigenvalue weighted by Crippen LogP contribution is -2.56. The van der Waals surface area contributed by atoms with Crippen molar-refractivity contribution < 1.29 is 0 Å². The normalized spacial score (nSPS) is 21.7. The van der Waals surface area contributed by atoms with Crippen LogP contribution in [-0.4, -0.2) is 34.1 Å². The van der Waals surface area contributed by atoms with Gasteiger partial charge in [-0.05, 0) is 37.2 Å². The Kier molecular flexibility index (Phi) is 4.90. The summed E-state index contributed by atoms with van der Waals surface area (Å²) < 4.78 is 0. The molecule has 2 aromatic rings. The molecule has 0 bridgehead atoms. The second-order valence-electron chi connectivity index (χ2n) is 6.93. The first-order valence-electron chi connectivity index (χ1n) is 8.59. The summed E-state index contributed by atoms with van der Waals surface area (Å²) in [6.07, 6.45) is 7.99. The van der Waals surface area contributed by atoms with Crippen molar-refractivity contribution in [2.45, 2.75) is 41.6 Å². The van der Waals surface area contributed by atoms with E-state index < -0.39 is 0 Å². The summed E-state index contributed by atoms with van der Waals surface area (Å²) in [4.78, 5) is 16.0. The van der Waals surface area contributed by atoms with E-state index in [0.717, 1.165) is 43.1 Å². The number of nitrogens with two attached hydrogens (primary N) is 2. The Bertz CT molecular complexity index is 825. The number of hydrogen-bond donors (Lipinski definition) is 2. The van der Waals surface area contributed by atoms with Crippen LogP contribution in [-0.2, 0) is 0 Å². The molecule has 1 aliphatic heterocycles. The summed E-state index contributed by atoms with van der Waals surface area (Å²) in [5, 5.41) is 1.26. The number of aromatic nitrogens is 3. The van der Waals surface area contributed by atoms with E-state index in [1.807, 2.05) is 0 Å². The number of piperidine rings is 1. The molecule has 0 amide bonds. The molecule has 26 heavy (non-hydrogen) atoms. The second-order valence-corrected chi connectivity index (χ2v) is 8.70. The molecular weight excluding hydrogens is 391 g/mol. The van der Waals surface area contributed by atoms with Gasteiger partial charge in [-0.15, -0.1) is 0 Å². The van der Waals surface area contributed by atoms with Gasteiger partial charge in [0.25, 0.3) is 0 Å². The molecule has 1 saturated heterocycles. The molecule has 2 aromatic heterocycles. The second kappa shape index (κ2) is 7.03. The van der Waals surface area contributed by atoms with Crippen molar-refractivity contribution in [1.29, 1.82) is 0 Å². The Morgan fingerprint density at radius 3 is 2.58 bits per heavy atom. The Hall–Kier alpha value is -1.28. The van der Waals surface area contributed by atoms with Gasteiger partial charge in [0.15, 0.2) is 5.82 Å². The monoisotopic (exact) mass is 410 g/mol. The van der Waals surface area contributed by atoms with Gasteiger partial charge < -0.3 is 16.4 Å². The van der Waals surface area contributed by atoms with Crippen molar-refractivity contribution in [3.8, 4) is 0 Å². The number of halogens is 2. The Morgan fingerprint density at radius 2 is 1.96 bits per heavy atom. The zero-order chi connectivity index (χ0) is 18.3. The first-order valence-corrected chi connectivity index (χ1v) is 10.2. The molecule has 2 aliphatic rings. The summed E-state index contributed by atoms with van der Waals surface area (Å²) in [6.45, 7) is 1.89. The summed E-state index contributed by atoms with van der Waals surface area (Å²) in [5.74, 6) is 1.20. The van der Waals surface area contributed by atoms with Crippen molar-refractivity contribution >= 4 is 46.6 Å². The highest BCUT2D eigenvalue weighted by Crippen LogP contribution is 2.48. The molecule has 0 aromatic carbocycles. The van der Waals surface area contributed by atoms with Crippen LogP contribution in [0.2, 0.25) is 10.2 Å². The fourth-order valence-corrected chi connectivity index (χ4v) is 4.94. The summed E-state index contributed by atoms with van der Waals surface area (Å²) >= 11 is 13.5. The Balaban J connectivity index is 1.47. The van der Waals surface area contributed by atoms with Crippen LogP contribution in [0.5, 0.6) is 0 Å². The maximum absolute atomic E-state index is 6.22. The highest BCUT2D eigenvalue weighted by atomic mass is 35.5. The third-order valence-corrected chi connectivity index (χ3v) is 7.54. The molecule has 0 radical (unpaired) electrons. The topological polar surface area (TPSA) is 94.0 Å². The molecule has 4 N–H and O–H groups in total. The molecule has 4 rings (SSSR count). The summed E-state index contributed by atoms with van der Waals surface area (Å²) in [7, 11) is 0. The van der Waals surface area contributed by atoms with Crippen LogP contribution in [0, 0.1) is 5.41 Å². The predicted molar refractivity (Wildman–Crippen MR) is 106 cm³/mol. The lowest BCUT2D eigenvalue weighted by molar-refractivity contribution is 0.0610. The summed E-state index contributed by atoms with van der Waals surface area (Å²) in [5.41, 5.74) is 12.7. The van der Waals surface area contributed by atoms with Gasteiger partial charge in [-0.1, -0.05) is 35.0 Å².